The number of nitrogens with zero attached hydrogens (tertiary/aromatic N) is 2. The van der Waals surface area contributed by atoms with Crippen LogP contribution in [-0.4, -0.2) is 54.8 Å². The second-order valence-corrected chi connectivity index (χ2v) is 7.08. The van der Waals surface area contributed by atoms with E-state index in [1.807, 2.05) is 6.07 Å². The molecule has 2 amide bonds. The first-order chi connectivity index (χ1) is 11.9. The molecule has 0 aromatic heterocycles. The van der Waals surface area contributed by atoms with E-state index in [1.54, 1.807) is 31.2 Å². The van der Waals surface area contributed by atoms with Crippen molar-refractivity contribution in [2.24, 2.45) is 0 Å². The Kier molecular flexibility index (Phi) is 4.69. The summed E-state index contributed by atoms with van der Waals surface area (Å²) < 4.78 is 0. The van der Waals surface area contributed by atoms with Crippen LogP contribution in [0.25, 0.3) is 0 Å². The van der Waals surface area contributed by atoms with Gasteiger partial charge in [-0.25, -0.2) is 9.59 Å². The van der Waals surface area contributed by atoms with Crippen molar-refractivity contribution in [2.45, 2.75) is 30.2 Å². The van der Waals surface area contributed by atoms with E-state index in [4.69, 9.17) is 9.94 Å². The third-order valence-corrected chi connectivity index (χ3v) is 5.44. The van der Waals surface area contributed by atoms with E-state index in [1.165, 1.54) is 22.9 Å². The van der Waals surface area contributed by atoms with Gasteiger partial charge in [-0.15, -0.1) is 11.8 Å². The fourth-order valence-electron chi connectivity index (χ4n) is 2.70. The summed E-state index contributed by atoms with van der Waals surface area (Å²) in [5, 5.41) is 18.4. The fourth-order valence-corrected chi connectivity index (χ4v) is 4.10. The number of carbonyl (C=O) groups excluding carboxylic acids is 1. The molecule has 2 heterocycles. The van der Waals surface area contributed by atoms with Crippen LogP contribution in [0.2, 0.25) is 0 Å². The standard InChI is InChI=1S/C16H16N2O6S/c1-9-11(15(20)21)7-17-13(19)12(14(17)25-9)18(16(22)23)24-8-10-5-3-2-4-6-10/h2-7,9,12,14H,8H2,1H3,(H,20,21)(H,22,23)/t9?,12?,14-/m1/s1. The first-order valence-corrected chi connectivity index (χ1v) is 8.46. The molecule has 0 spiro atoms. The third kappa shape index (κ3) is 3.20. The number of rotatable bonds is 5. The summed E-state index contributed by atoms with van der Waals surface area (Å²) in [5.41, 5.74) is 0.884. The third-order valence-electron chi connectivity index (χ3n) is 4.01. The molecule has 2 unspecified atom stereocenters. The summed E-state index contributed by atoms with van der Waals surface area (Å²) in [7, 11) is 0. The summed E-state index contributed by atoms with van der Waals surface area (Å²) in [4.78, 5) is 41.6. The number of fused-ring (bicyclic) bond motifs is 1. The Hall–Kier alpha value is -2.52. The highest BCUT2D eigenvalue weighted by molar-refractivity contribution is 8.00. The molecule has 0 aliphatic carbocycles. The van der Waals surface area contributed by atoms with Crippen LogP contribution >= 0.6 is 11.8 Å². The van der Waals surface area contributed by atoms with Crippen LogP contribution in [0.3, 0.4) is 0 Å². The summed E-state index contributed by atoms with van der Waals surface area (Å²) in [6.45, 7) is 1.72. The summed E-state index contributed by atoms with van der Waals surface area (Å²) in [5.74, 6) is -1.59. The molecule has 1 aromatic carbocycles. The van der Waals surface area contributed by atoms with Gasteiger partial charge in [-0.2, -0.15) is 5.06 Å². The van der Waals surface area contributed by atoms with Crippen molar-refractivity contribution < 1.29 is 29.4 Å². The molecule has 0 radical (unpaired) electrons. The van der Waals surface area contributed by atoms with E-state index in [-0.39, 0.29) is 17.4 Å². The molecule has 1 saturated heterocycles. The maximum absolute atomic E-state index is 12.3. The Bertz CT molecular complexity index is 737. The summed E-state index contributed by atoms with van der Waals surface area (Å²) in [6, 6.07) is 8.01. The Balaban J connectivity index is 1.75. The van der Waals surface area contributed by atoms with Gasteiger partial charge in [0, 0.05) is 11.4 Å². The minimum atomic E-state index is -1.37. The molecule has 2 N–H and O–H groups in total. The van der Waals surface area contributed by atoms with E-state index in [0.29, 0.717) is 5.06 Å². The molecule has 0 bridgehead atoms. The highest BCUT2D eigenvalue weighted by Gasteiger charge is 2.55. The second kappa shape index (κ2) is 6.77. The molecule has 2 aliphatic heterocycles. The molecule has 1 fully saturated rings. The minimum Gasteiger partial charge on any atom is -0.478 e. The number of hydrogen-bond acceptors (Lipinski definition) is 5. The predicted molar refractivity (Wildman–Crippen MR) is 88.3 cm³/mol. The lowest BCUT2D eigenvalue weighted by atomic mass is 10.1. The van der Waals surface area contributed by atoms with Crippen molar-refractivity contribution in [2.75, 3.05) is 0 Å². The number of aliphatic carboxylic acids is 1. The van der Waals surface area contributed by atoms with Crippen molar-refractivity contribution in [3.8, 4) is 0 Å². The maximum Gasteiger partial charge on any atom is 0.432 e. The van der Waals surface area contributed by atoms with Gasteiger partial charge in [-0.3, -0.25) is 9.63 Å². The Labute approximate surface area is 147 Å². The van der Waals surface area contributed by atoms with Crippen LogP contribution < -0.4 is 0 Å². The molecule has 3 rings (SSSR count). The number of thioether (sulfide) groups is 1. The predicted octanol–water partition coefficient (Wildman–Crippen LogP) is 1.74. The van der Waals surface area contributed by atoms with Crippen LogP contribution in [0.4, 0.5) is 4.79 Å². The van der Waals surface area contributed by atoms with Gasteiger partial charge in [0.2, 0.25) is 0 Å². The number of amides is 2. The number of hydrogen-bond donors (Lipinski definition) is 2. The lowest BCUT2D eigenvalue weighted by Crippen LogP contribution is -2.69. The largest absolute Gasteiger partial charge is 0.478 e. The normalized spacial score (nSPS) is 24.8. The van der Waals surface area contributed by atoms with Crippen LogP contribution in [0.15, 0.2) is 42.1 Å². The number of β-lactam (4-membered cyclic amide) rings is 1. The van der Waals surface area contributed by atoms with E-state index in [9.17, 15) is 19.5 Å². The SMILES string of the molecule is CC1S[C@@H]2C(N(OCc3ccccc3)C(=O)O)C(=O)N2C=C1C(=O)O. The number of carbonyl (C=O) groups is 3. The Morgan fingerprint density at radius 2 is 1.96 bits per heavy atom. The molecule has 3 atom stereocenters. The summed E-state index contributed by atoms with van der Waals surface area (Å²) >= 11 is 1.22. The van der Waals surface area contributed by atoms with Gasteiger partial charge in [0.1, 0.15) is 12.0 Å². The van der Waals surface area contributed by atoms with Crippen molar-refractivity contribution >= 4 is 29.7 Å². The smallest absolute Gasteiger partial charge is 0.432 e. The second-order valence-electron chi connectivity index (χ2n) is 5.62. The maximum atomic E-state index is 12.3. The zero-order valence-corrected chi connectivity index (χ0v) is 14.0. The van der Waals surface area contributed by atoms with Gasteiger partial charge in [-0.1, -0.05) is 30.3 Å². The van der Waals surface area contributed by atoms with Crippen LogP contribution in [0.1, 0.15) is 12.5 Å². The van der Waals surface area contributed by atoms with E-state index in [2.05, 4.69) is 0 Å². The number of benzene rings is 1. The lowest BCUT2D eigenvalue weighted by Gasteiger charge is -2.50. The molecule has 8 nitrogen and oxygen atoms in total. The lowest BCUT2D eigenvalue weighted by molar-refractivity contribution is -0.200. The molecule has 132 valence electrons. The molecule has 2 aliphatic rings. The highest BCUT2D eigenvalue weighted by atomic mass is 32.2. The van der Waals surface area contributed by atoms with Gasteiger partial charge in [-0.05, 0) is 12.5 Å². The van der Waals surface area contributed by atoms with Crippen molar-refractivity contribution in [3.05, 3.63) is 47.7 Å². The topological polar surface area (TPSA) is 107 Å². The zero-order chi connectivity index (χ0) is 18.1. The average molecular weight is 364 g/mol. The summed E-state index contributed by atoms with van der Waals surface area (Å²) in [6.07, 6.45) is -0.0836. The minimum absolute atomic E-state index is 0.0140. The Morgan fingerprint density at radius 1 is 1.28 bits per heavy atom. The molecule has 0 saturated carbocycles. The van der Waals surface area contributed by atoms with E-state index in [0.717, 1.165) is 5.56 Å². The van der Waals surface area contributed by atoms with Crippen LogP contribution in [0, 0.1) is 0 Å². The zero-order valence-electron chi connectivity index (χ0n) is 13.2. The van der Waals surface area contributed by atoms with Crippen molar-refractivity contribution in [1.29, 1.82) is 0 Å². The van der Waals surface area contributed by atoms with Crippen molar-refractivity contribution in [3.63, 3.8) is 0 Å². The van der Waals surface area contributed by atoms with Crippen LogP contribution in [0.5, 0.6) is 0 Å². The Morgan fingerprint density at radius 3 is 2.56 bits per heavy atom. The number of hydroxylamine groups is 2. The molecule has 9 heteroatoms. The first kappa shape index (κ1) is 17.3. The average Bonchev–Trinajstić information content (AvgIpc) is 2.58. The highest BCUT2D eigenvalue weighted by Crippen LogP contribution is 2.42. The van der Waals surface area contributed by atoms with Gasteiger partial charge >= 0.3 is 12.1 Å². The van der Waals surface area contributed by atoms with Gasteiger partial charge < -0.3 is 15.1 Å². The molecule has 25 heavy (non-hydrogen) atoms. The fraction of sp³-hybridized carbons (Fsp3) is 0.312. The van der Waals surface area contributed by atoms with Crippen molar-refractivity contribution in [1.82, 2.24) is 9.96 Å². The van der Waals surface area contributed by atoms with E-state index < -0.39 is 29.4 Å². The molecule has 1 aromatic rings. The molecular formula is C16H16N2O6S. The van der Waals surface area contributed by atoms with Gasteiger partial charge in [0.25, 0.3) is 5.91 Å². The van der Waals surface area contributed by atoms with Crippen LogP contribution in [-0.2, 0) is 21.0 Å². The van der Waals surface area contributed by atoms with Gasteiger partial charge in [0.05, 0.1) is 5.57 Å². The monoisotopic (exact) mass is 364 g/mol. The quantitative estimate of drug-likeness (QED) is 0.605. The number of carboxylic acids is 1. The first-order valence-electron chi connectivity index (χ1n) is 7.51. The molecular weight excluding hydrogens is 348 g/mol. The number of carboxylic acid groups (broad SMARTS) is 2. The van der Waals surface area contributed by atoms with E-state index >= 15 is 0 Å². The van der Waals surface area contributed by atoms with Gasteiger partial charge in [0.15, 0.2) is 6.04 Å².